The second-order valence-electron chi connectivity index (χ2n) is 6.93. The molecule has 1 aliphatic heterocycles. The van der Waals surface area contributed by atoms with Crippen molar-refractivity contribution in [3.63, 3.8) is 0 Å². The molecule has 138 valence electrons. The molecule has 1 heterocycles. The summed E-state index contributed by atoms with van der Waals surface area (Å²) in [5.74, 6) is -0.00445. The van der Waals surface area contributed by atoms with Crippen LogP contribution in [0.15, 0.2) is 65.4 Å². The van der Waals surface area contributed by atoms with Gasteiger partial charge in [0.05, 0.1) is 5.70 Å². The van der Waals surface area contributed by atoms with E-state index < -0.39 is 0 Å². The summed E-state index contributed by atoms with van der Waals surface area (Å²) in [6.45, 7) is 1.59. The van der Waals surface area contributed by atoms with Crippen molar-refractivity contribution in [1.82, 2.24) is 10.4 Å². The maximum absolute atomic E-state index is 12.3. The Morgan fingerprint density at radius 3 is 2.30 bits per heavy atom. The van der Waals surface area contributed by atoms with Crippen molar-refractivity contribution in [2.45, 2.75) is 32.2 Å². The number of amides is 1. The molecule has 0 radical (unpaired) electrons. The highest BCUT2D eigenvalue weighted by molar-refractivity contribution is 6.30. The highest BCUT2D eigenvalue weighted by atomic mass is 35.5. The van der Waals surface area contributed by atoms with Crippen LogP contribution in [-0.2, 0) is 4.79 Å². The summed E-state index contributed by atoms with van der Waals surface area (Å²) in [4.78, 5) is 12.3. The second-order valence-corrected chi connectivity index (χ2v) is 7.80. The monoisotopic (exact) mass is 398 g/mol. The first-order valence-corrected chi connectivity index (χ1v) is 9.80. The first kappa shape index (κ1) is 18.1. The molecule has 1 aliphatic carbocycles. The van der Waals surface area contributed by atoms with Gasteiger partial charge in [0, 0.05) is 17.0 Å². The molecule has 4 rings (SSSR count). The first-order valence-electron chi connectivity index (χ1n) is 9.04. The highest BCUT2D eigenvalue weighted by Gasteiger charge is 2.37. The maximum atomic E-state index is 12.3. The van der Waals surface area contributed by atoms with E-state index in [1.54, 1.807) is 11.9 Å². The molecule has 0 aromatic heterocycles. The van der Waals surface area contributed by atoms with Crippen LogP contribution in [-0.4, -0.2) is 10.9 Å². The van der Waals surface area contributed by atoms with E-state index in [1.807, 2.05) is 48.5 Å². The number of hydrogen-bond acceptors (Lipinski definition) is 2. The zero-order valence-electron chi connectivity index (χ0n) is 15.0. The van der Waals surface area contributed by atoms with E-state index in [4.69, 9.17) is 23.2 Å². The molecule has 0 bridgehead atoms. The van der Waals surface area contributed by atoms with Crippen molar-refractivity contribution >= 4 is 35.2 Å². The summed E-state index contributed by atoms with van der Waals surface area (Å²) < 4.78 is 0. The Kier molecular flexibility index (Phi) is 4.98. The quantitative estimate of drug-likeness (QED) is 0.680. The van der Waals surface area contributed by atoms with Crippen LogP contribution >= 0.6 is 23.2 Å². The van der Waals surface area contributed by atoms with Gasteiger partial charge in [-0.1, -0.05) is 47.5 Å². The summed E-state index contributed by atoms with van der Waals surface area (Å²) in [6, 6.07) is 15.5. The molecule has 0 spiro atoms. The van der Waals surface area contributed by atoms with Crippen LogP contribution in [0, 0.1) is 0 Å². The number of benzene rings is 2. The molecule has 27 heavy (non-hydrogen) atoms. The number of rotatable bonds is 2. The van der Waals surface area contributed by atoms with E-state index in [0.717, 1.165) is 41.1 Å². The average Bonchev–Trinajstić information content (AvgIpc) is 3.05. The SMILES string of the molecule is CC(=O)N1NC2=C(CCC/C2=C\c2ccc(Cl)cc2)[C@@H]1c1ccc(Cl)cc1. The van der Waals surface area contributed by atoms with Gasteiger partial charge in [-0.15, -0.1) is 0 Å². The van der Waals surface area contributed by atoms with Gasteiger partial charge < -0.3 is 0 Å². The van der Waals surface area contributed by atoms with Crippen LogP contribution in [0.25, 0.3) is 6.08 Å². The van der Waals surface area contributed by atoms with Gasteiger partial charge in [-0.05, 0) is 71.9 Å². The molecule has 0 saturated heterocycles. The third-order valence-corrected chi connectivity index (χ3v) is 5.59. The number of nitrogens with one attached hydrogen (secondary N) is 1. The van der Waals surface area contributed by atoms with Crippen molar-refractivity contribution in [2.75, 3.05) is 0 Å². The number of allylic oxidation sites excluding steroid dienone is 1. The third-order valence-electron chi connectivity index (χ3n) is 5.09. The van der Waals surface area contributed by atoms with Crippen molar-refractivity contribution in [2.24, 2.45) is 0 Å². The van der Waals surface area contributed by atoms with Crippen LogP contribution in [0.5, 0.6) is 0 Å². The van der Waals surface area contributed by atoms with Crippen molar-refractivity contribution in [3.05, 3.63) is 86.5 Å². The zero-order chi connectivity index (χ0) is 19.0. The van der Waals surface area contributed by atoms with Crippen LogP contribution < -0.4 is 5.43 Å². The van der Waals surface area contributed by atoms with E-state index in [2.05, 4.69) is 11.5 Å². The maximum Gasteiger partial charge on any atom is 0.238 e. The minimum Gasteiger partial charge on any atom is -0.295 e. The van der Waals surface area contributed by atoms with Gasteiger partial charge in [0.1, 0.15) is 6.04 Å². The lowest BCUT2D eigenvalue weighted by atomic mass is 9.86. The summed E-state index contributed by atoms with van der Waals surface area (Å²) in [6.07, 6.45) is 5.20. The van der Waals surface area contributed by atoms with Gasteiger partial charge >= 0.3 is 0 Å². The topological polar surface area (TPSA) is 32.3 Å². The molecular formula is C22H20Cl2N2O. The van der Waals surface area contributed by atoms with Gasteiger partial charge in [0.2, 0.25) is 5.91 Å². The fourth-order valence-electron chi connectivity index (χ4n) is 3.84. The van der Waals surface area contributed by atoms with Crippen LogP contribution in [0.3, 0.4) is 0 Å². The average molecular weight is 399 g/mol. The minimum atomic E-state index is -0.0938. The smallest absolute Gasteiger partial charge is 0.238 e. The lowest BCUT2D eigenvalue weighted by Gasteiger charge is -2.25. The summed E-state index contributed by atoms with van der Waals surface area (Å²) in [7, 11) is 0. The Balaban J connectivity index is 1.76. The Morgan fingerprint density at radius 1 is 1.04 bits per heavy atom. The molecule has 1 amide bonds. The van der Waals surface area contributed by atoms with Gasteiger partial charge in [0.25, 0.3) is 0 Å². The van der Waals surface area contributed by atoms with Gasteiger partial charge in [0.15, 0.2) is 0 Å². The van der Waals surface area contributed by atoms with Gasteiger partial charge in [-0.3, -0.25) is 10.2 Å². The minimum absolute atomic E-state index is 0.00445. The molecule has 1 atom stereocenters. The Hall–Kier alpha value is -2.23. The van der Waals surface area contributed by atoms with Crippen molar-refractivity contribution < 1.29 is 4.79 Å². The van der Waals surface area contributed by atoms with Gasteiger partial charge in [-0.25, -0.2) is 5.01 Å². The molecule has 0 fully saturated rings. The van der Waals surface area contributed by atoms with Gasteiger partial charge in [-0.2, -0.15) is 0 Å². The molecule has 1 N–H and O–H groups in total. The van der Waals surface area contributed by atoms with E-state index in [1.165, 1.54) is 11.1 Å². The lowest BCUT2D eigenvalue weighted by Crippen LogP contribution is -2.38. The predicted octanol–water partition coefficient (Wildman–Crippen LogP) is 5.92. The van der Waals surface area contributed by atoms with Crippen LogP contribution in [0.4, 0.5) is 0 Å². The molecule has 2 aromatic carbocycles. The summed E-state index contributed by atoms with van der Waals surface area (Å²) in [5, 5.41) is 3.15. The highest BCUT2D eigenvalue weighted by Crippen LogP contribution is 2.44. The summed E-state index contributed by atoms with van der Waals surface area (Å²) in [5.41, 5.74) is 9.11. The molecular weight excluding hydrogens is 379 g/mol. The molecule has 5 heteroatoms. The lowest BCUT2D eigenvalue weighted by molar-refractivity contribution is -0.132. The van der Waals surface area contributed by atoms with Crippen molar-refractivity contribution in [1.29, 1.82) is 0 Å². The molecule has 2 aliphatic rings. The second kappa shape index (κ2) is 7.41. The first-order chi connectivity index (χ1) is 13.0. The summed E-state index contributed by atoms with van der Waals surface area (Å²) >= 11 is 12.1. The Bertz CT molecular complexity index is 930. The number of carbonyl (C=O) groups is 1. The Morgan fingerprint density at radius 2 is 1.67 bits per heavy atom. The van der Waals surface area contributed by atoms with Crippen molar-refractivity contribution in [3.8, 4) is 0 Å². The van der Waals surface area contributed by atoms with Crippen LogP contribution in [0.2, 0.25) is 10.0 Å². The predicted molar refractivity (Wildman–Crippen MR) is 110 cm³/mol. The number of carbonyl (C=O) groups excluding carboxylic acids is 1. The van der Waals surface area contributed by atoms with E-state index in [9.17, 15) is 4.79 Å². The fraction of sp³-hybridized carbons (Fsp3) is 0.227. The van der Waals surface area contributed by atoms with E-state index in [0.29, 0.717) is 5.02 Å². The Labute approximate surface area is 169 Å². The normalized spacial score (nSPS) is 20.6. The third kappa shape index (κ3) is 3.62. The fourth-order valence-corrected chi connectivity index (χ4v) is 4.10. The largest absolute Gasteiger partial charge is 0.295 e. The molecule has 3 nitrogen and oxygen atoms in total. The number of hydrogen-bond donors (Lipinski definition) is 1. The molecule has 0 saturated carbocycles. The zero-order valence-corrected chi connectivity index (χ0v) is 16.5. The number of halogens is 2. The molecule has 2 aromatic rings. The number of nitrogens with zero attached hydrogens (tertiary/aromatic N) is 1. The number of hydrazine groups is 1. The van der Waals surface area contributed by atoms with Crippen LogP contribution in [0.1, 0.15) is 43.4 Å². The van der Waals surface area contributed by atoms with E-state index in [-0.39, 0.29) is 11.9 Å². The van der Waals surface area contributed by atoms with E-state index >= 15 is 0 Å². The standard InChI is InChI=1S/C22H20Cl2N2O/c1-14(27)26-22(16-7-11-19(24)12-8-16)20-4-2-3-17(21(20)25-26)13-15-5-9-18(23)10-6-15/h5-13,22,25H,2-4H2,1H3/b17-13+/t22-/m0/s1. The molecule has 0 unspecified atom stereocenters.